The molecule has 0 aromatic heterocycles. The summed E-state index contributed by atoms with van der Waals surface area (Å²) in [4.78, 5) is 0. The van der Waals surface area contributed by atoms with Gasteiger partial charge in [0.25, 0.3) is 0 Å². The second-order valence-corrected chi connectivity index (χ2v) is 19.6. The zero-order valence-corrected chi connectivity index (χ0v) is 32.4. The Hall–Kier alpha value is -2.28. The maximum absolute atomic E-state index is 5.30. The van der Waals surface area contributed by atoms with Gasteiger partial charge in [0.05, 0.1) is 0 Å². The first-order chi connectivity index (χ1) is 22.5. The predicted molar refractivity (Wildman–Crippen MR) is 211 cm³/mol. The van der Waals surface area contributed by atoms with Crippen LogP contribution in [0.3, 0.4) is 0 Å². The van der Waals surface area contributed by atoms with E-state index in [0.717, 1.165) is 12.3 Å². The van der Waals surface area contributed by atoms with Crippen LogP contribution in [0.5, 0.6) is 0 Å². The monoisotopic (exact) mass is 682 g/mol. The Morgan fingerprint density at radius 3 is 1.50 bits per heavy atom. The first-order valence-corrected chi connectivity index (χ1v) is 19.2. The maximum Gasteiger partial charge on any atom is 0.112 e. The summed E-state index contributed by atoms with van der Waals surface area (Å²) in [5.41, 5.74) is 6.27. The summed E-state index contributed by atoms with van der Waals surface area (Å²) >= 11 is 10.6. The molecule has 258 valence electrons. The largest absolute Gasteiger partial charge is 0.112 e. The van der Waals surface area contributed by atoms with Gasteiger partial charge in [0.15, 0.2) is 0 Å². The van der Waals surface area contributed by atoms with Crippen molar-refractivity contribution in [2.24, 2.45) is 52.3 Å². The average molecular weight is 684 g/mol. The molecule has 2 aromatic rings. The second kappa shape index (κ2) is 14.5. The standard InChI is InChI=1S/C43H54.C3H6Cl2/c1-8-9-16-30-21-22-35(27-30)43(31-17-12-10-13-18-31,32-19-14-11-15-20-32)40-38-28-33(41(2,3)4)23-25-36(38)37-26-24-34(29-39(37)40)42(5,6)7;1-3(2,4)5/h8,10-15,17-20,23-26,28-30,35-40H,1,9,16,21-22,27H2,2-7H3;1-2H3. The lowest BCUT2D eigenvalue weighted by molar-refractivity contribution is 0.154. The molecule has 2 aromatic carbocycles. The van der Waals surface area contributed by atoms with E-state index in [9.17, 15) is 0 Å². The lowest BCUT2D eigenvalue weighted by Crippen LogP contribution is -2.47. The molecule has 48 heavy (non-hydrogen) atoms. The van der Waals surface area contributed by atoms with Crippen molar-refractivity contribution in [3.05, 3.63) is 132 Å². The van der Waals surface area contributed by atoms with Gasteiger partial charge in [-0.05, 0) is 114 Å². The van der Waals surface area contributed by atoms with Gasteiger partial charge in [-0.2, -0.15) is 0 Å². The van der Waals surface area contributed by atoms with Crippen molar-refractivity contribution in [1.82, 2.24) is 0 Å². The number of benzene rings is 2. The molecule has 0 nitrogen and oxygen atoms in total. The molecule has 6 unspecified atom stereocenters. The highest BCUT2D eigenvalue weighted by Gasteiger charge is 2.61. The molecule has 0 amide bonds. The molecule has 6 rings (SSSR count). The SMILES string of the molecule is C=CCCC1CCC(C(c2ccccc2)(c2ccccc2)C2C3C=C(C(C)(C)C)C=CC3C3C=CC(C(C)(C)C)=CC32)C1.CC(C)(Cl)Cl. The van der Waals surface area contributed by atoms with Crippen molar-refractivity contribution in [2.75, 3.05) is 0 Å². The molecule has 2 saturated carbocycles. The molecular formula is C46H60Cl2. The van der Waals surface area contributed by atoms with Crippen LogP contribution in [0.1, 0.15) is 98.6 Å². The third-order valence-corrected chi connectivity index (χ3v) is 11.6. The molecule has 4 aliphatic rings. The molecule has 0 N–H and O–H groups in total. The van der Waals surface area contributed by atoms with E-state index in [2.05, 4.69) is 151 Å². The highest BCUT2D eigenvalue weighted by Crippen LogP contribution is 2.65. The Bertz CT molecular complexity index is 1400. The highest BCUT2D eigenvalue weighted by molar-refractivity contribution is 6.47. The topological polar surface area (TPSA) is 0 Å². The Balaban J connectivity index is 0.000000840. The van der Waals surface area contributed by atoms with Crippen molar-refractivity contribution in [3.8, 4) is 0 Å². The maximum atomic E-state index is 5.30. The van der Waals surface area contributed by atoms with E-state index >= 15 is 0 Å². The van der Waals surface area contributed by atoms with E-state index in [4.69, 9.17) is 23.2 Å². The van der Waals surface area contributed by atoms with E-state index in [1.165, 1.54) is 48.0 Å². The Morgan fingerprint density at radius 1 is 0.667 bits per heavy atom. The summed E-state index contributed by atoms with van der Waals surface area (Å²) in [6.07, 6.45) is 24.2. The van der Waals surface area contributed by atoms with Crippen molar-refractivity contribution in [3.63, 3.8) is 0 Å². The van der Waals surface area contributed by atoms with Crippen molar-refractivity contribution >= 4 is 23.2 Å². The first-order valence-electron chi connectivity index (χ1n) is 18.5. The minimum absolute atomic E-state index is 0.0663. The van der Waals surface area contributed by atoms with Crippen LogP contribution in [0.4, 0.5) is 0 Å². The van der Waals surface area contributed by atoms with Gasteiger partial charge in [-0.15, -0.1) is 29.8 Å². The fourth-order valence-electron chi connectivity index (χ4n) is 9.58. The molecule has 0 spiro atoms. The predicted octanol–water partition coefficient (Wildman–Crippen LogP) is 13.7. The number of hydrogen-bond donors (Lipinski definition) is 0. The Morgan fingerprint density at radius 2 is 1.10 bits per heavy atom. The third kappa shape index (κ3) is 7.87. The molecule has 2 fully saturated rings. The first kappa shape index (κ1) is 37.0. The normalized spacial score (nSPS) is 28.5. The number of allylic oxidation sites excluding steroid dienone is 9. The Labute approximate surface area is 303 Å². The molecule has 0 aliphatic heterocycles. The van der Waals surface area contributed by atoms with Crippen LogP contribution in [0.15, 0.2) is 121 Å². The summed E-state index contributed by atoms with van der Waals surface area (Å²) < 4.78 is -0.556. The number of rotatable bonds is 7. The van der Waals surface area contributed by atoms with Crippen LogP contribution in [-0.2, 0) is 5.41 Å². The molecule has 0 bridgehead atoms. The summed E-state index contributed by atoms with van der Waals surface area (Å²) in [7, 11) is 0. The lowest BCUT2D eigenvalue weighted by atomic mass is 9.52. The number of halogens is 2. The van der Waals surface area contributed by atoms with Gasteiger partial charge in [0.1, 0.15) is 4.33 Å². The quantitative estimate of drug-likeness (QED) is 0.201. The van der Waals surface area contributed by atoms with Crippen LogP contribution >= 0.6 is 23.2 Å². The van der Waals surface area contributed by atoms with E-state index in [0.29, 0.717) is 35.5 Å². The zero-order chi connectivity index (χ0) is 34.9. The highest BCUT2D eigenvalue weighted by atomic mass is 35.5. The molecule has 0 heterocycles. The van der Waals surface area contributed by atoms with E-state index in [1.54, 1.807) is 13.8 Å². The van der Waals surface area contributed by atoms with Crippen molar-refractivity contribution < 1.29 is 0 Å². The molecular weight excluding hydrogens is 623 g/mol. The number of hydrogen-bond acceptors (Lipinski definition) is 0. The summed E-state index contributed by atoms with van der Waals surface area (Å²) in [6.45, 7) is 21.8. The van der Waals surface area contributed by atoms with Crippen LogP contribution in [0.25, 0.3) is 0 Å². The summed E-state index contributed by atoms with van der Waals surface area (Å²) in [5.74, 6) is 3.89. The second-order valence-electron chi connectivity index (χ2n) is 17.5. The van der Waals surface area contributed by atoms with Gasteiger partial charge >= 0.3 is 0 Å². The number of alkyl halides is 2. The third-order valence-electron chi connectivity index (χ3n) is 11.6. The fourth-order valence-corrected chi connectivity index (χ4v) is 9.58. The number of fused-ring (bicyclic) bond motifs is 3. The van der Waals surface area contributed by atoms with Crippen molar-refractivity contribution in [2.45, 2.75) is 97.2 Å². The van der Waals surface area contributed by atoms with Crippen LogP contribution in [-0.4, -0.2) is 4.33 Å². The lowest BCUT2D eigenvalue weighted by Gasteiger charge is -2.50. The van der Waals surface area contributed by atoms with Gasteiger partial charge in [0.2, 0.25) is 0 Å². The van der Waals surface area contributed by atoms with Gasteiger partial charge in [-0.25, -0.2) is 0 Å². The fraction of sp³-hybridized carbons (Fsp3) is 0.522. The van der Waals surface area contributed by atoms with E-state index in [-0.39, 0.29) is 16.2 Å². The van der Waals surface area contributed by atoms with Gasteiger partial charge in [-0.3, -0.25) is 0 Å². The molecule has 0 radical (unpaired) electrons. The van der Waals surface area contributed by atoms with Gasteiger partial charge in [-0.1, -0.05) is 151 Å². The van der Waals surface area contributed by atoms with Crippen molar-refractivity contribution in [1.29, 1.82) is 0 Å². The minimum Gasteiger partial charge on any atom is -0.103 e. The summed E-state index contributed by atoms with van der Waals surface area (Å²) in [5, 5.41) is 0. The van der Waals surface area contributed by atoms with Crippen LogP contribution < -0.4 is 0 Å². The van der Waals surface area contributed by atoms with Gasteiger partial charge in [0, 0.05) is 5.41 Å². The van der Waals surface area contributed by atoms with Crippen LogP contribution in [0, 0.1) is 52.3 Å². The molecule has 2 heteroatoms. The van der Waals surface area contributed by atoms with E-state index < -0.39 is 4.33 Å². The molecule has 6 atom stereocenters. The smallest absolute Gasteiger partial charge is 0.103 e. The van der Waals surface area contributed by atoms with E-state index in [1.807, 2.05) is 0 Å². The zero-order valence-electron chi connectivity index (χ0n) is 30.9. The van der Waals surface area contributed by atoms with Crippen LogP contribution in [0.2, 0.25) is 0 Å². The average Bonchev–Trinajstić information content (AvgIpc) is 3.63. The van der Waals surface area contributed by atoms with Gasteiger partial charge < -0.3 is 0 Å². The Kier molecular flexibility index (Phi) is 11.2. The summed E-state index contributed by atoms with van der Waals surface area (Å²) in [6, 6.07) is 23.5. The molecule has 4 aliphatic carbocycles. The molecule has 0 saturated heterocycles. The minimum atomic E-state index is -0.556.